The van der Waals surface area contributed by atoms with E-state index >= 15 is 0 Å². The molecule has 9 heteroatoms. The van der Waals surface area contributed by atoms with E-state index in [0.29, 0.717) is 11.6 Å². The van der Waals surface area contributed by atoms with Crippen LogP contribution in [0.1, 0.15) is 22.7 Å². The second-order valence-corrected chi connectivity index (χ2v) is 4.37. The van der Waals surface area contributed by atoms with Crippen molar-refractivity contribution >= 4 is 18.4 Å². The lowest BCUT2D eigenvalue weighted by Gasteiger charge is -2.07. The molecule has 0 N–H and O–H groups in total. The quantitative estimate of drug-likeness (QED) is 0.504. The monoisotopic (exact) mass is 268 g/mol. The lowest BCUT2D eigenvalue weighted by molar-refractivity contribution is -0.391. The molecule has 0 saturated heterocycles. The number of aryl methyl sites for hydroxylation is 1. The Balaban J connectivity index is 2.43. The molecule has 18 heavy (non-hydrogen) atoms. The van der Waals surface area contributed by atoms with Crippen molar-refractivity contribution in [2.24, 2.45) is 14.1 Å². The number of nitro groups is 1. The lowest BCUT2D eigenvalue weighted by Crippen LogP contribution is -2.09. The van der Waals surface area contributed by atoms with Crippen molar-refractivity contribution in [1.82, 2.24) is 24.3 Å². The number of nitrogens with zero attached hydrogens (tertiary/aromatic N) is 6. The number of imidazole rings is 1. The minimum absolute atomic E-state index is 0.0806. The Morgan fingerprint density at radius 2 is 2.00 bits per heavy atom. The van der Waals surface area contributed by atoms with Gasteiger partial charge in [0, 0.05) is 7.05 Å². The minimum atomic E-state index is -0.487. The van der Waals surface area contributed by atoms with Crippen molar-refractivity contribution in [2.45, 2.75) is 12.2 Å². The predicted molar refractivity (Wildman–Crippen MR) is 66.4 cm³/mol. The molecule has 2 aromatic heterocycles. The van der Waals surface area contributed by atoms with Gasteiger partial charge in [-0.2, -0.15) is 12.6 Å². The van der Waals surface area contributed by atoms with E-state index in [-0.39, 0.29) is 5.82 Å². The largest absolute Gasteiger partial charge is 0.358 e. The van der Waals surface area contributed by atoms with Crippen molar-refractivity contribution < 1.29 is 4.92 Å². The van der Waals surface area contributed by atoms with Crippen LogP contribution >= 0.6 is 12.6 Å². The second-order valence-electron chi connectivity index (χ2n) is 3.86. The van der Waals surface area contributed by atoms with Crippen LogP contribution in [0.15, 0.2) is 6.20 Å². The van der Waals surface area contributed by atoms with Crippen LogP contribution in [0.25, 0.3) is 0 Å². The van der Waals surface area contributed by atoms with Gasteiger partial charge < -0.3 is 14.7 Å². The Morgan fingerprint density at radius 3 is 2.44 bits per heavy atom. The van der Waals surface area contributed by atoms with Gasteiger partial charge >= 0.3 is 5.82 Å². The summed E-state index contributed by atoms with van der Waals surface area (Å²) in [6.07, 6.45) is 1.21. The maximum atomic E-state index is 10.8. The van der Waals surface area contributed by atoms with Crippen LogP contribution in [-0.2, 0) is 14.1 Å². The van der Waals surface area contributed by atoms with E-state index in [2.05, 4.69) is 27.8 Å². The van der Waals surface area contributed by atoms with Crippen LogP contribution in [0.3, 0.4) is 0 Å². The zero-order valence-corrected chi connectivity index (χ0v) is 11.0. The maximum absolute atomic E-state index is 10.8. The van der Waals surface area contributed by atoms with Crippen molar-refractivity contribution in [3.63, 3.8) is 0 Å². The van der Waals surface area contributed by atoms with Crippen LogP contribution in [0.5, 0.6) is 0 Å². The SMILES string of the molecule is Cc1nnc(C(S)c2ncc([N+](=O)[O-])n2C)n1C. The average molecular weight is 268 g/mol. The highest BCUT2D eigenvalue weighted by Crippen LogP contribution is 2.27. The van der Waals surface area contributed by atoms with Gasteiger partial charge in [-0.25, -0.2) is 9.55 Å². The molecular formula is C9H12N6O2S. The molecular weight excluding hydrogens is 256 g/mol. The van der Waals surface area contributed by atoms with Crippen LogP contribution < -0.4 is 0 Å². The molecule has 2 rings (SSSR count). The van der Waals surface area contributed by atoms with Gasteiger partial charge in [0.05, 0.1) is 7.05 Å². The maximum Gasteiger partial charge on any atom is 0.342 e. The Kier molecular flexibility index (Phi) is 3.07. The van der Waals surface area contributed by atoms with E-state index in [1.165, 1.54) is 10.8 Å². The molecule has 0 bridgehead atoms. The highest BCUT2D eigenvalue weighted by atomic mass is 32.1. The van der Waals surface area contributed by atoms with Crippen LogP contribution in [0.2, 0.25) is 0 Å². The summed E-state index contributed by atoms with van der Waals surface area (Å²) >= 11 is 4.41. The van der Waals surface area contributed by atoms with Gasteiger partial charge in [0.1, 0.15) is 17.3 Å². The van der Waals surface area contributed by atoms with E-state index in [1.54, 1.807) is 11.6 Å². The number of rotatable bonds is 3. The second kappa shape index (κ2) is 4.41. The normalized spacial score (nSPS) is 12.7. The summed E-state index contributed by atoms with van der Waals surface area (Å²) in [4.78, 5) is 14.3. The first-order chi connectivity index (χ1) is 8.43. The molecule has 1 unspecified atom stereocenters. The summed E-state index contributed by atoms with van der Waals surface area (Å²) in [5, 5.41) is 18.2. The third kappa shape index (κ3) is 1.86. The first kappa shape index (κ1) is 12.6. The lowest BCUT2D eigenvalue weighted by atomic mass is 10.3. The number of aromatic nitrogens is 5. The molecule has 0 aliphatic carbocycles. The summed E-state index contributed by atoms with van der Waals surface area (Å²) in [6, 6.07) is 0. The topological polar surface area (TPSA) is 91.7 Å². The fourth-order valence-electron chi connectivity index (χ4n) is 1.62. The summed E-state index contributed by atoms with van der Waals surface area (Å²) in [6.45, 7) is 1.82. The van der Waals surface area contributed by atoms with Crippen molar-refractivity contribution in [3.8, 4) is 0 Å². The fraction of sp³-hybridized carbons (Fsp3) is 0.444. The summed E-state index contributed by atoms with van der Waals surface area (Å²) in [5.41, 5.74) is 0. The third-order valence-electron chi connectivity index (χ3n) is 2.80. The van der Waals surface area contributed by atoms with Crippen LogP contribution in [0.4, 0.5) is 5.82 Å². The van der Waals surface area contributed by atoms with Crippen LogP contribution in [-0.4, -0.2) is 29.2 Å². The predicted octanol–water partition coefficient (Wildman–Crippen LogP) is 0.784. The van der Waals surface area contributed by atoms with Crippen molar-refractivity contribution in [3.05, 3.63) is 33.8 Å². The van der Waals surface area contributed by atoms with Gasteiger partial charge in [-0.05, 0) is 11.8 Å². The van der Waals surface area contributed by atoms with E-state index < -0.39 is 10.2 Å². The molecule has 2 aromatic rings. The first-order valence-electron chi connectivity index (χ1n) is 5.13. The molecule has 0 fully saturated rings. The number of hydrogen-bond donors (Lipinski definition) is 1. The Labute approximate surface area is 108 Å². The minimum Gasteiger partial charge on any atom is -0.358 e. The zero-order chi connectivity index (χ0) is 13.4. The van der Waals surface area contributed by atoms with Crippen LogP contribution in [0, 0.1) is 17.0 Å². The summed E-state index contributed by atoms with van der Waals surface area (Å²) < 4.78 is 3.17. The molecule has 0 amide bonds. The standard InChI is InChI=1S/C9H12N6O2S/c1-5-11-12-9(13(5)2)7(18)8-10-4-6(14(8)3)15(16)17/h4,7,18H,1-3H3. The van der Waals surface area contributed by atoms with Gasteiger partial charge in [-0.15, -0.1) is 10.2 Å². The van der Waals surface area contributed by atoms with Gasteiger partial charge in [-0.1, -0.05) is 0 Å². The van der Waals surface area contributed by atoms with Crippen molar-refractivity contribution in [1.29, 1.82) is 0 Å². The van der Waals surface area contributed by atoms with E-state index in [4.69, 9.17) is 0 Å². The van der Waals surface area contributed by atoms with E-state index in [0.717, 1.165) is 5.82 Å². The summed E-state index contributed by atoms with van der Waals surface area (Å²) in [7, 11) is 3.39. The fourth-order valence-corrected chi connectivity index (χ4v) is 2.08. The third-order valence-corrected chi connectivity index (χ3v) is 3.26. The molecule has 0 saturated carbocycles. The molecule has 0 aromatic carbocycles. The number of thiol groups is 1. The molecule has 0 aliphatic heterocycles. The van der Waals surface area contributed by atoms with Gasteiger partial charge in [0.2, 0.25) is 5.82 Å². The van der Waals surface area contributed by atoms with Crippen molar-refractivity contribution in [2.75, 3.05) is 0 Å². The number of hydrogen-bond acceptors (Lipinski definition) is 6. The molecule has 1 atom stereocenters. The van der Waals surface area contributed by atoms with E-state index in [1.807, 2.05) is 14.0 Å². The van der Waals surface area contributed by atoms with Gasteiger partial charge in [-0.3, -0.25) is 0 Å². The molecule has 96 valence electrons. The molecule has 0 radical (unpaired) electrons. The highest BCUT2D eigenvalue weighted by Gasteiger charge is 2.26. The Morgan fingerprint density at radius 1 is 1.33 bits per heavy atom. The highest BCUT2D eigenvalue weighted by molar-refractivity contribution is 7.80. The molecule has 8 nitrogen and oxygen atoms in total. The average Bonchev–Trinajstić information content (AvgIpc) is 2.84. The zero-order valence-electron chi connectivity index (χ0n) is 10.1. The van der Waals surface area contributed by atoms with Gasteiger partial charge in [0.15, 0.2) is 5.82 Å². The Bertz CT molecular complexity index is 604. The molecule has 0 aliphatic rings. The first-order valence-corrected chi connectivity index (χ1v) is 5.65. The van der Waals surface area contributed by atoms with E-state index in [9.17, 15) is 10.1 Å². The summed E-state index contributed by atoms with van der Waals surface area (Å²) in [5.74, 6) is 1.72. The smallest absolute Gasteiger partial charge is 0.342 e. The molecule has 2 heterocycles. The van der Waals surface area contributed by atoms with Gasteiger partial charge in [0.25, 0.3) is 0 Å². The molecule has 0 spiro atoms. The Hall–Kier alpha value is -1.90.